The van der Waals surface area contributed by atoms with Crippen molar-refractivity contribution in [3.05, 3.63) is 46.7 Å². The molecule has 0 fully saturated rings. The summed E-state index contributed by atoms with van der Waals surface area (Å²) in [6.45, 7) is 2.05. The van der Waals surface area contributed by atoms with Gasteiger partial charge < -0.3 is 9.47 Å². The number of rotatable bonds is 3. The van der Waals surface area contributed by atoms with Crippen molar-refractivity contribution < 1.29 is 9.47 Å². The highest BCUT2D eigenvalue weighted by molar-refractivity contribution is 9.10. The van der Waals surface area contributed by atoms with Gasteiger partial charge in [0.15, 0.2) is 5.82 Å². The number of pyridine rings is 1. The molecule has 5 heteroatoms. The number of benzene rings is 1. The predicted octanol–water partition coefficient (Wildman–Crippen LogP) is 4.09. The summed E-state index contributed by atoms with van der Waals surface area (Å²) < 4.78 is 13.9. The van der Waals surface area contributed by atoms with Gasteiger partial charge in [0.05, 0.1) is 19.7 Å². The summed E-state index contributed by atoms with van der Waals surface area (Å²) in [5, 5.41) is 0. The monoisotopic (exact) mass is 346 g/mol. The normalized spacial score (nSPS) is 10.9. The highest BCUT2D eigenvalue weighted by atomic mass is 79.9. The van der Waals surface area contributed by atoms with Crippen molar-refractivity contribution in [2.75, 3.05) is 14.2 Å². The van der Waals surface area contributed by atoms with Gasteiger partial charge in [0.2, 0.25) is 0 Å². The third kappa shape index (κ3) is 2.17. The van der Waals surface area contributed by atoms with E-state index in [1.807, 2.05) is 43.3 Å². The average molecular weight is 347 g/mol. The Morgan fingerprint density at radius 2 is 1.62 bits per heavy atom. The summed E-state index contributed by atoms with van der Waals surface area (Å²) in [5.41, 5.74) is 2.95. The lowest BCUT2D eigenvalue weighted by Gasteiger charge is -2.13. The second kappa shape index (κ2) is 5.41. The van der Waals surface area contributed by atoms with Crippen LogP contribution >= 0.6 is 15.9 Å². The number of aromatic nitrogens is 2. The predicted molar refractivity (Wildman–Crippen MR) is 86.2 cm³/mol. The molecule has 2 aromatic heterocycles. The van der Waals surface area contributed by atoms with E-state index in [0.29, 0.717) is 0 Å². The number of hydrogen-bond donors (Lipinski definition) is 0. The van der Waals surface area contributed by atoms with Crippen molar-refractivity contribution >= 4 is 21.4 Å². The summed E-state index contributed by atoms with van der Waals surface area (Å²) in [6.07, 6.45) is 0. The largest absolute Gasteiger partial charge is 0.496 e. The third-order valence-corrected chi connectivity index (χ3v) is 4.05. The lowest BCUT2D eigenvalue weighted by molar-refractivity contribution is 0.397. The van der Waals surface area contributed by atoms with Crippen molar-refractivity contribution in [3.8, 4) is 22.9 Å². The summed E-state index contributed by atoms with van der Waals surface area (Å²) in [4.78, 5) is 4.66. The van der Waals surface area contributed by atoms with E-state index in [1.54, 1.807) is 14.2 Å². The molecule has 0 amide bonds. The molecule has 21 heavy (non-hydrogen) atoms. The maximum atomic E-state index is 5.49. The molecule has 0 spiro atoms. The molecule has 1 aromatic carbocycles. The number of methoxy groups -OCH3 is 2. The Bertz CT molecular complexity index is 789. The lowest BCUT2D eigenvalue weighted by Crippen LogP contribution is -1.98. The number of aryl methyl sites for hydroxylation is 1. The SMILES string of the molecule is COc1cccc(OC)c1-c1nc(Br)c2cccc(C)n12. The quantitative estimate of drug-likeness (QED) is 0.716. The van der Waals surface area contributed by atoms with Crippen molar-refractivity contribution in [2.45, 2.75) is 6.92 Å². The first-order valence-electron chi connectivity index (χ1n) is 6.52. The Balaban J connectivity index is 2.41. The Kier molecular flexibility index (Phi) is 3.59. The van der Waals surface area contributed by atoms with Crippen LogP contribution in [0.3, 0.4) is 0 Å². The van der Waals surface area contributed by atoms with Crippen LogP contribution in [0.2, 0.25) is 0 Å². The van der Waals surface area contributed by atoms with Crippen molar-refractivity contribution in [2.24, 2.45) is 0 Å². The molecule has 0 N–H and O–H groups in total. The minimum Gasteiger partial charge on any atom is -0.496 e. The van der Waals surface area contributed by atoms with Crippen LogP contribution in [-0.2, 0) is 0 Å². The van der Waals surface area contributed by atoms with Crippen LogP contribution in [-0.4, -0.2) is 23.6 Å². The van der Waals surface area contributed by atoms with E-state index in [9.17, 15) is 0 Å². The number of halogens is 1. The first-order valence-corrected chi connectivity index (χ1v) is 7.31. The fourth-order valence-electron chi connectivity index (χ4n) is 2.50. The van der Waals surface area contributed by atoms with Crippen LogP contribution < -0.4 is 9.47 Å². The molecule has 0 aliphatic rings. The summed E-state index contributed by atoms with van der Waals surface area (Å²) in [7, 11) is 3.30. The minimum atomic E-state index is 0.733. The topological polar surface area (TPSA) is 35.8 Å². The second-order valence-electron chi connectivity index (χ2n) is 4.65. The molecule has 4 nitrogen and oxygen atoms in total. The van der Waals surface area contributed by atoms with Gasteiger partial charge >= 0.3 is 0 Å². The second-order valence-corrected chi connectivity index (χ2v) is 5.40. The van der Waals surface area contributed by atoms with Crippen molar-refractivity contribution in [1.82, 2.24) is 9.38 Å². The van der Waals surface area contributed by atoms with Gasteiger partial charge in [-0.3, -0.25) is 4.40 Å². The molecule has 0 aliphatic heterocycles. The summed E-state index contributed by atoms with van der Waals surface area (Å²) >= 11 is 3.53. The molecule has 0 bridgehead atoms. The van der Waals surface area contributed by atoms with E-state index in [1.165, 1.54) is 0 Å². The fourth-order valence-corrected chi connectivity index (χ4v) is 2.98. The van der Waals surface area contributed by atoms with Crippen LogP contribution in [0.25, 0.3) is 16.9 Å². The van der Waals surface area contributed by atoms with E-state index in [2.05, 4.69) is 25.3 Å². The fraction of sp³-hybridized carbons (Fsp3) is 0.188. The lowest BCUT2D eigenvalue weighted by atomic mass is 10.1. The number of nitrogens with zero attached hydrogens (tertiary/aromatic N) is 2. The molecule has 0 radical (unpaired) electrons. The maximum absolute atomic E-state index is 5.49. The third-order valence-electron chi connectivity index (χ3n) is 3.46. The van der Waals surface area contributed by atoms with Gasteiger partial charge in [0, 0.05) is 5.69 Å². The zero-order chi connectivity index (χ0) is 15.0. The van der Waals surface area contributed by atoms with Gasteiger partial charge in [-0.2, -0.15) is 0 Å². The van der Waals surface area contributed by atoms with E-state index in [-0.39, 0.29) is 0 Å². The summed E-state index contributed by atoms with van der Waals surface area (Å²) in [5.74, 6) is 2.26. The van der Waals surface area contributed by atoms with Crippen molar-refractivity contribution in [1.29, 1.82) is 0 Å². The maximum Gasteiger partial charge on any atom is 0.153 e. The molecule has 3 aromatic rings. The van der Waals surface area contributed by atoms with Gasteiger partial charge in [-0.1, -0.05) is 12.1 Å². The van der Waals surface area contributed by atoms with Crippen LogP contribution in [0, 0.1) is 6.92 Å². The zero-order valence-corrected chi connectivity index (χ0v) is 13.6. The summed E-state index contributed by atoms with van der Waals surface area (Å²) in [6, 6.07) is 11.8. The minimum absolute atomic E-state index is 0.733. The first kappa shape index (κ1) is 13.9. The van der Waals surface area contributed by atoms with E-state index in [0.717, 1.165) is 38.7 Å². The van der Waals surface area contributed by atoms with Gasteiger partial charge in [-0.25, -0.2) is 4.98 Å². The number of ether oxygens (including phenoxy) is 2. The Labute approximate surface area is 131 Å². The molecule has 0 aliphatic carbocycles. The molecular formula is C16H15BrN2O2. The molecule has 0 saturated carbocycles. The van der Waals surface area contributed by atoms with E-state index in [4.69, 9.17) is 9.47 Å². The van der Waals surface area contributed by atoms with Gasteiger partial charge in [-0.05, 0) is 47.1 Å². The van der Waals surface area contributed by atoms with Crippen LogP contribution in [0.15, 0.2) is 41.0 Å². The van der Waals surface area contributed by atoms with Crippen LogP contribution in [0.5, 0.6) is 11.5 Å². The Morgan fingerprint density at radius 1 is 1.00 bits per heavy atom. The zero-order valence-electron chi connectivity index (χ0n) is 12.1. The smallest absolute Gasteiger partial charge is 0.153 e. The highest BCUT2D eigenvalue weighted by Gasteiger charge is 2.20. The molecular weight excluding hydrogens is 332 g/mol. The molecule has 108 valence electrons. The molecule has 0 atom stereocenters. The standard InChI is InChI=1S/C16H15BrN2O2/c1-10-6-4-7-11-15(17)18-16(19(10)11)14-12(20-2)8-5-9-13(14)21-3/h4-9H,1-3H3. The first-order chi connectivity index (χ1) is 10.2. The Hall–Kier alpha value is -2.01. The average Bonchev–Trinajstić information content (AvgIpc) is 2.84. The number of fused-ring (bicyclic) bond motifs is 1. The van der Waals surface area contributed by atoms with Gasteiger partial charge in [0.25, 0.3) is 0 Å². The molecule has 2 heterocycles. The highest BCUT2D eigenvalue weighted by Crippen LogP contribution is 2.39. The van der Waals surface area contributed by atoms with Gasteiger partial charge in [0.1, 0.15) is 21.7 Å². The molecule has 0 saturated heterocycles. The molecule has 0 unspecified atom stereocenters. The number of imidazole rings is 1. The van der Waals surface area contributed by atoms with E-state index < -0.39 is 0 Å². The number of hydrogen-bond acceptors (Lipinski definition) is 3. The molecule has 3 rings (SSSR count). The van der Waals surface area contributed by atoms with Crippen molar-refractivity contribution in [3.63, 3.8) is 0 Å². The van der Waals surface area contributed by atoms with E-state index >= 15 is 0 Å². The Morgan fingerprint density at radius 3 is 2.24 bits per heavy atom. The van der Waals surface area contributed by atoms with Gasteiger partial charge in [-0.15, -0.1) is 0 Å². The van der Waals surface area contributed by atoms with Crippen LogP contribution in [0.1, 0.15) is 5.69 Å². The van der Waals surface area contributed by atoms with Crippen LogP contribution in [0.4, 0.5) is 0 Å².